The third-order valence-corrected chi connectivity index (χ3v) is 2.52. The normalized spacial score (nSPS) is 12.4. The Balaban J connectivity index is 2.29. The summed E-state index contributed by atoms with van der Waals surface area (Å²) in [7, 11) is 0. The van der Waals surface area contributed by atoms with Crippen LogP contribution in [0.15, 0.2) is 36.8 Å². The Hall–Kier alpha value is -2.14. The van der Waals surface area contributed by atoms with Crippen molar-refractivity contribution in [2.45, 2.75) is 13.0 Å². The zero-order valence-electron chi connectivity index (χ0n) is 9.37. The summed E-state index contributed by atoms with van der Waals surface area (Å²) >= 11 is 0. The number of imidazole rings is 1. The Labute approximate surface area is 98.5 Å². The van der Waals surface area contributed by atoms with Crippen LogP contribution in [-0.2, 0) is 4.79 Å². The van der Waals surface area contributed by atoms with Gasteiger partial charge >= 0.3 is 5.97 Å². The summed E-state index contributed by atoms with van der Waals surface area (Å²) < 4.78 is 1.75. The van der Waals surface area contributed by atoms with Crippen LogP contribution in [0, 0.1) is 6.92 Å². The van der Waals surface area contributed by atoms with E-state index in [0.717, 1.165) is 11.3 Å². The van der Waals surface area contributed by atoms with Crippen molar-refractivity contribution >= 4 is 5.97 Å². The van der Waals surface area contributed by atoms with Gasteiger partial charge in [0.05, 0.1) is 12.0 Å². The highest BCUT2D eigenvalue weighted by atomic mass is 16.4. The molecule has 1 aromatic heterocycles. The summed E-state index contributed by atoms with van der Waals surface area (Å²) in [4.78, 5) is 14.7. The average Bonchev–Trinajstić information content (AvgIpc) is 2.78. The Morgan fingerprint density at radius 2 is 2.06 bits per heavy atom. The van der Waals surface area contributed by atoms with Crippen LogP contribution in [-0.4, -0.2) is 20.6 Å². The van der Waals surface area contributed by atoms with Crippen molar-refractivity contribution in [3.05, 3.63) is 48.0 Å². The molecule has 0 saturated carbocycles. The number of carboxylic acids is 1. The number of aliphatic carboxylic acids is 1. The van der Waals surface area contributed by atoms with Crippen LogP contribution in [0.2, 0.25) is 0 Å². The van der Waals surface area contributed by atoms with Crippen molar-refractivity contribution < 1.29 is 9.90 Å². The predicted molar refractivity (Wildman–Crippen MR) is 62.9 cm³/mol. The molecule has 0 amide bonds. The van der Waals surface area contributed by atoms with E-state index in [-0.39, 0.29) is 0 Å². The minimum atomic E-state index is -1.08. The number of aryl methyl sites for hydroxylation is 1. The van der Waals surface area contributed by atoms with Crippen LogP contribution in [0.3, 0.4) is 0 Å². The van der Waals surface area contributed by atoms with E-state index in [1.165, 1.54) is 0 Å². The van der Waals surface area contributed by atoms with Gasteiger partial charge in [-0.2, -0.15) is 0 Å². The lowest BCUT2D eigenvalue weighted by Crippen LogP contribution is -2.20. The topological polar surface area (TPSA) is 81.1 Å². The molecule has 0 fully saturated rings. The van der Waals surface area contributed by atoms with Gasteiger partial charge in [0.25, 0.3) is 0 Å². The molecule has 2 rings (SSSR count). The van der Waals surface area contributed by atoms with Gasteiger partial charge in [-0.3, -0.25) is 4.79 Å². The van der Waals surface area contributed by atoms with E-state index >= 15 is 0 Å². The lowest BCUT2D eigenvalue weighted by atomic mass is 10.2. The number of nitrogens with two attached hydrogens (primary N) is 1. The lowest BCUT2D eigenvalue weighted by Gasteiger charge is -2.03. The molecule has 17 heavy (non-hydrogen) atoms. The zero-order chi connectivity index (χ0) is 12.4. The molecule has 0 bridgehead atoms. The number of hydrogen-bond donors (Lipinski definition) is 2. The summed E-state index contributed by atoms with van der Waals surface area (Å²) in [6.45, 7) is 2.00. The predicted octanol–water partition coefficient (Wildman–Crippen LogP) is 1.27. The molecule has 0 aliphatic heterocycles. The van der Waals surface area contributed by atoms with Gasteiger partial charge in [-0.15, -0.1) is 0 Å². The van der Waals surface area contributed by atoms with Crippen LogP contribution in [0.4, 0.5) is 0 Å². The van der Waals surface area contributed by atoms with E-state index in [2.05, 4.69) is 4.98 Å². The first-order valence-corrected chi connectivity index (χ1v) is 5.17. The molecule has 1 unspecified atom stereocenters. The first-order valence-electron chi connectivity index (χ1n) is 5.17. The maximum absolute atomic E-state index is 10.7. The minimum absolute atomic E-state index is 0.345. The third-order valence-electron chi connectivity index (χ3n) is 2.52. The zero-order valence-corrected chi connectivity index (χ0v) is 9.37. The Morgan fingerprint density at radius 3 is 2.65 bits per heavy atom. The molecular formula is C12H13N3O2. The summed E-state index contributed by atoms with van der Waals surface area (Å²) in [6, 6.07) is 6.75. The number of nitrogens with zero attached hydrogens (tertiary/aromatic N) is 2. The van der Waals surface area contributed by atoms with Crippen LogP contribution in [0.5, 0.6) is 0 Å². The van der Waals surface area contributed by atoms with E-state index in [0.29, 0.717) is 5.69 Å². The van der Waals surface area contributed by atoms with Crippen molar-refractivity contribution in [2.24, 2.45) is 5.73 Å². The summed E-state index contributed by atoms with van der Waals surface area (Å²) in [6.07, 6.45) is 3.19. The molecule has 0 aliphatic rings. The second-order valence-electron chi connectivity index (χ2n) is 3.86. The van der Waals surface area contributed by atoms with E-state index in [9.17, 15) is 4.79 Å². The van der Waals surface area contributed by atoms with Gasteiger partial charge in [0.1, 0.15) is 6.04 Å². The van der Waals surface area contributed by atoms with Crippen molar-refractivity contribution in [1.29, 1.82) is 0 Å². The molecule has 1 aromatic carbocycles. The van der Waals surface area contributed by atoms with Crippen LogP contribution >= 0.6 is 0 Å². The van der Waals surface area contributed by atoms with E-state index < -0.39 is 12.0 Å². The van der Waals surface area contributed by atoms with Crippen LogP contribution in [0.1, 0.15) is 17.3 Å². The highest BCUT2D eigenvalue weighted by molar-refractivity contribution is 5.74. The number of carbonyl (C=O) groups is 1. The quantitative estimate of drug-likeness (QED) is 0.833. The van der Waals surface area contributed by atoms with E-state index in [1.54, 1.807) is 17.1 Å². The standard InChI is InChI=1S/C12H13N3O2/c1-8-2-4-9(5-3-8)15-6-10(14-7-15)11(13)12(16)17/h2-7,11H,13H2,1H3,(H,16,17). The molecular weight excluding hydrogens is 218 g/mol. The smallest absolute Gasteiger partial charge is 0.326 e. The van der Waals surface area contributed by atoms with E-state index in [4.69, 9.17) is 10.8 Å². The molecule has 1 heterocycles. The second-order valence-corrected chi connectivity index (χ2v) is 3.86. The van der Waals surface area contributed by atoms with E-state index in [1.807, 2.05) is 31.2 Å². The Kier molecular flexibility index (Phi) is 2.93. The highest BCUT2D eigenvalue weighted by Crippen LogP contribution is 2.13. The molecule has 2 aromatic rings. The number of rotatable bonds is 3. The van der Waals surface area contributed by atoms with Gasteiger partial charge < -0.3 is 15.4 Å². The minimum Gasteiger partial charge on any atom is -0.480 e. The third kappa shape index (κ3) is 2.34. The molecule has 0 spiro atoms. The number of carboxylic acid groups (broad SMARTS) is 1. The maximum atomic E-state index is 10.7. The highest BCUT2D eigenvalue weighted by Gasteiger charge is 2.16. The molecule has 5 nitrogen and oxygen atoms in total. The molecule has 88 valence electrons. The fourth-order valence-electron chi connectivity index (χ4n) is 1.48. The molecule has 0 aliphatic carbocycles. The Morgan fingerprint density at radius 1 is 1.41 bits per heavy atom. The monoisotopic (exact) mass is 231 g/mol. The molecule has 5 heteroatoms. The number of benzene rings is 1. The van der Waals surface area contributed by atoms with Gasteiger partial charge in [0.15, 0.2) is 0 Å². The number of aromatic nitrogens is 2. The fourth-order valence-corrected chi connectivity index (χ4v) is 1.48. The molecule has 1 atom stereocenters. The Bertz CT molecular complexity index is 531. The first-order chi connectivity index (χ1) is 8.08. The first kappa shape index (κ1) is 11.3. The van der Waals surface area contributed by atoms with Gasteiger partial charge in [0.2, 0.25) is 0 Å². The van der Waals surface area contributed by atoms with Gasteiger partial charge in [-0.1, -0.05) is 17.7 Å². The molecule has 0 radical (unpaired) electrons. The van der Waals surface area contributed by atoms with Crippen molar-refractivity contribution in [1.82, 2.24) is 9.55 Å². The van der Waals surface area contributed by atoms with Crippen LogP contribution < -0.4 is 5.73 Å². The average molecular weight is 231 g/mol. The van der Waals surface area contributed by atoms with Gasteiger partial charge in [0, 0.05) is 11.9 Å². The number of hydrogen-bond acceptors (Lipinski definition) is 3. The molecule has 0 saturated heterocycles. The maximum Gasteiger partial charge on any atom is 0.326 e. The second kappa shape index (κ2) is 4.39. The lowest BCUT2D eigenvalue weighted by molar-refractivity contribution is -0.138. The summed E-state index contributed by atoms with van der Waals surface area (Å²) in [5.41, 5.74) is 7.91. The largest absolute Gasteiger partial charge is 0.480 e. The summed E-state index contributed by atoms with van der Waals surface area (Å²) in [5.74, 6) is -1.08. The summed E-state index contributed by atoms with van der Waals surface area (Å²) in [5, 5.41) is 8.78. The fraction of sp³-hybridized carbons (Fsp3) is 0.167. The van der Waals surface area contributed by atoms with Crippen LogP contribution in [0.25, 0.3) is 5.69 Å². The van der Waals surface area contributed by atoms with Crippen molar-refractivity contribution in [3.63, 3.8) is 0 Å². The van der Waals surface area contributed by atoms with Crippen molar-refractivity contribution in [3.8, 4) is 5.69 Å². The van der Waals surface area contributed by atoms with Gasteiger partial charge in [-0.05, 0) is 19.1 Å². The van der Waals surface area contributed by atoms with Gasteiger partial charge in [-0.25, -0.2) is 4.98 Å². The van der Waals surface area contributed by atoms with Crippen molar-refractivity contribution in [2.75, 3.05) is 0 Å². The molecule has 3 N–H and O–H groups in total. The SMILES string of the molecule is Cc1ccc(-n2cnc(C(N)C(=O)O)c2)cc1.